The van der Waals surface area contributed by atoms with Crippen LogP contribution in [-0.2, 0) is 6.54 Å². The minimum atomic E-state index is 0.454. The van der Waals surface area contributed by atoms with Gasteiger partial charge in [0.2, 0.25) is 0 Å². The monoisotopic (exact) mass is 251 g/mol. The lowest BCUT2D eigenvalue weighted by molar-refractivity contribution is 0.960. The van der Waals surface area contributed by atoms with Crippen molar-refractivity contribution in [1.82, 2.24) is 9.97 Å². The molecule has 0 atom stereocenters. The first-order valence-electron chi connectivity index (χ1n) is 4.73. The van der Waals surface area contributed by atoms with Crippen LogP contribution in [0.4, 0.5) is 0 Å². The van der Waals surface area contributed by atoms with E-state index < -0.39 is 0 Å². The van der Waals surface area contributed by atoms with Crippen LogP contribution in [0.15, 0.2) is 46.7 Å². The molecule has 2 N–H and O–H groups in total. The standard InChI is InChI=1S/C11H10ClN3S/c12-9-2-3-10(8(6-9)7-13)16-11-14-4-1-5-15-11/h1-6H,7,13H2. The third kappa shape index (κ3) is 2.72. The van der Waals surface area contributed by atoms with Crippen LogP contribution in [0.25, 0.3) is 0 Å². The van der Waals surface area contributed by atoms with E-state index in [2.05, 4.69) is 9.97 Å². The Kier molecular flexibility index (Phi) is 3.77. The predicted molar refractivity (Wildman–Crippen MR) is 65.5 cm³/mol. The Morgan fingerprint density at radius 3 is 2.69 bits per heavy atom. The maximum Gasteiger partial charge on any atom is 0.192 e. The van der Waals surface area contributed by atoms with E-state index >= 15 is 0 Å². The van der Waals surface area contributed by atoms with Crippen molar-refractivity contribution in [2.24, 2.45) is 5.73 Å². The highest BCUT2D eigenvalue weighted by atomic mass is 35.5. The molecule has 82 valence electrons. The van der Waals surface area contributed by atoms with E-state index in [0.717, 1.165) is 10.5 Å². The van der Waals surface area contributed by atoms with Crippen molar-refractivity contribution in [3.8, 4) is 0 Å². The van der Waals surface area contributed by atoms with Crippen LogP contribution in [0, 0.1) is 0 Å². The van der Waals surface area contributed by atoms with Gasteiger partial charge in [-0.2, -0.15) is 0 Å². The van der Waals surface area contributed by atoms with Gasteiger partial charge in [0.15, 0.2) is 5.16 Å². The Labute approximate surface area is 103 Å². The van der Waals surface area contributed by atoms with Crippen molar-refractivity contribution in [2.75, 3.05) is 0 Å². The predicted octanol–water partition coefficient (Wildman–Crippen LogP) is 2.74. The number of nitrogens with zero attached hydrogens (tertiary/aromatic N) is 2. The second-order valence-corrected chi connectivity index (χ2v) is 4.54. The summed E-state index contributed by atoms with van der Waals surface area (Å²) in [6, 6.07) is 7.43. The SMILES string of the molecule is NCc1cc(Cl)ccc1Sc1ncccn1. The lowest BCUT2D eigenvalue weighted by Crippen LogP contribution is -1.98. The van der Waals surface area contributed by atoms with Crippen LogP contribution in [-0.4, -0.2) is 9.97 Å². The Balaban J connectivity index is 2.28. The van der Waals surface area contributed by atoms with E-state index in [1.54, 1.807) is 18.5 Å². The Morgan fingerprint density at radius 2 is 2.00 bits per heavy atom. The molecule has 0 aliphatic heterocycles. The van der Waals surface area contributed by atoms with Gasteiger partial charge in [-0.3, -0.25) is 0 Å². The summed E-state index contributed by atoms with van der Waals surface area (Å²) in [6.07, 6.45) is 3.43. The van der Waals surface area contributed by atoms with Crippen molar-refractivity contribution in [1.29, 1.82) is 0 Å². The fourth-order valence-corrected chi connectivity index (χ4v) is 2.27. The Hall–Kier alpha value is -1.10. The minimum Gasteiger partial charge on any atom is -0.326 e. The van der Waals surface area contributed by atoms with E-state index in [-0.39, 0.29) is 0 Å². The van der Waals surface area contributed by atoms with Gasteiger partial charge in [-0.25, -0.2) is 9.97 Å². The van der Waals surface area contributed by atoms with Crippen LogP contribution in [0.5, 0.6) is 0 Å². The number of hydrogen-bond acceptors (Lipinski definition) is 4. The molecule has 0 unspecified atom stereocenters. The average Bonchev–Trinajstić information content (AvgIpc) is 2.33. The summed E-state index contributed by atoms with van der Waals surface area (Å²) >= 11 is 7.39. The van der Waals surface area contributed by atoms with E-state index in [9.17, 15) is 0 Å². The molecule has 0 saturated carbocycles. The number of benzene rings is 1. The highest BCUT2D eigenvalue weighted by molar-refractivity contribution is 7.99. The molecule has 0 saturated heterocycles. The smallest absolute Gasteiger partial charge is 0.192 e. The fraction of sp³-hybridized carbons (Fsp3) is 0.0909. The van der Waals surface area contributed by atoms with Crippen molar-refractivity contribution in [3.63, 3.8) is 0 Å². The van der Waals surface area contributed by atoms with Crippen molar-refractivity contribution >= 4 is 23.4 Å². The molecule has 16 heavy (non-hydrogen) atoms. The minimum absolute atomic E-state index is 0.454. The number of halogens is 1. The lowest BCUT2D eigenvalue weighted by Gasteiger charge is -2.06. The third-order valence-corrected chi connectivity index (χ3v) is 3.23. The molecule has 0 amide bonds. The molecule has 1 aromatic heterocycles. The maximum absolute atomic E-state index is 5.90. The quantitative estimate of drug-likeness (QED) is 0.853. The van der Waals surface area contributed by atoms with Crippen molar-refractivity contribution in [2.45, 2.75) is 16.6 Å². The van der Waals surface area contributed by atoms with Crippen LogP contribution >= 0.6 is 23.4 Å². The summed E-state index contributed by atoms with van der Waals surface area (Å²) in [6.45, 7) is 0.454. The van der Waals surface area contributed by atoms with Gasteiger partial charge in [-0.15, -0.1) is 0 Å². The topological polar surface area (TPSA) is 51.8 Å². The summed E-state index contributed by atoms with van der Waals surface area (Å²) in [5, 5.41) is 1.40. The maximum atomic E-state index is 5.90. The number of nitrogens with two attached hydrogens (primary N) is 1. The van der Waals surface area contributed by atoms with Crippen LogP contribution in [0.1, 0.15) is 5.56 Å². The van der Waals surface area contributed by atoms with Gasteiger partial charge < -0.3 is 5.73 Å². The van der Waals surface area contributed by atoms with Gasteiger partial charge in [0.25, 0.3) is 0 Å². The second-order valence-electron chi connectivity index (χ2n) is 3.09. The van der Waals surface area contributed by atoms with Crippen LogP contribution in [0.3, 0.4) is 0 Å². The van der Waals surface area contributed by atoms with E-state index in [1.165, 1.54) is 11.8 Å². The van der Waals surface area contributed by atoms with Gasteiger partial charge >= 0.3 is 0 Å². The molecule has 2 rings (SSSR count). The van der Waals surface area contributed by atoms with E-state index in [4.69, 9.17) is 17.3 Å². The molecule has 0 bridgehead atoms. The van der Waals surface area contributed by atoms with E-state index in [1.807, 2.05) is 18.2 Å². The number of hydrogen-bond donors (Lipinski definition) is 1. The van der Waals surface area contributed by atoms with Crippen molar-refractivity contribution in [3.05, 3.63) is 47.2 Å². The number of rotatable bonds is 3. The molecule has 1 aromatic carbocycles. The Bertz CT molecular complexity index is 476. The largest absolute Gasteiger partial charge is 0.326 e. The number of aromatic nitrogens is 2. The average molecular weight is 252 g/mol. The van der Waals surface area contributed by atoms with E-state index in [0.29, 0.717) is 16.7 Å². The highest BCUT2D eigenvalue weighted by Gasteiger charge is 2.05. The zero-order chi connectivity index (χ0) is 11.4. The second kappa shape index (κ2) is 5.30. The van der Waals surface area contributed by atoms with Crippen LogP contribution < -0.4 is 5.73 Å². The molecule has 5 heteroatoms. The first-order valence-corrected chi connectivity index (χ1v) is 5.92. The molecule has 0 aliphatic rings. The molecule has 3 nitrogen and oxygen atoms in total. The summed E-state index contributed by atoms with van der Waals surface area (Å²) in [5.41, 5.74) is 6.66. The normalized spacial score (nSPS) is 10.4. The zero-order valence-electron chi connectivity index (χ0n) is 8.43. The van der Waals surface area contributed by atoms with Gasteiger partial charge in [0.05, 0.1) is 0 Å². The Morgan fingerprint density at radius 1 is 1.25 bits per heavy atom. The molecular weight excluding hydrogens is 242 g/mol. The lowest BCUT2D eigenvalue weighted by atomic mass is 10.2. The summed E-state index contributed by atoms with van der Waals surface area (Å²) in [7, 11) is 0. The molecule has 2 aromatic rings. The summed E-state index contributed by atoms with van der Waals surface area (Å²) in [4.78, 5) is 9.34. The van der Waals surface area contributed by atoms with Gasteiger partial charge in [-0.05, 0) is 41.6 Å². The third-order valence-electron chi connectivity index (χ3n) is 1.99. The zero-order valence-corrected chi connectivity index (χ0v) is 10.0. The highest BCUT2D eigenvalue weighted by Crippen LogP contribution is 2.29. The molecule has 1 heterocycles. The van der Waals surface area contributed by atoms with Gasteiger partial charge in [0, 0.05) is 28.9 Å². The van der Waals surface area contributed by atoms with Gasteiger partial charge in [-0.1, -0.05) is 11.6 Å². The molecular formula is C11H10ClN3S. The molecule has 0 fully saturated rings. The van der Waals surface area contributed by atoms with Crippen molar-refractivity contribution < 1.29 is 0 Å². The summed E-state index contributed by atoms with van der Waals surface area (Å²) in [5.74, 6) is 0. The van der Waals surface area contributed by atoms with Crippen LogP contribution in [0.2, 0.25) is 5.02 Å². The first kappa shape index (κ1) is 11.4. The van der Waals surface area contributed by atoms with Gasteiger partial charge in [0.1, 0.15) is 0 Å². The summed E-state index contributed by atoms with van der Waals surface area (Å²) < 4.78 is 0. The first-order chi connectivity index (χ1) is 7.79. The molecule has 0 aliphatic carbocycles. The molecule has 0 spiro atoms. The molecule has 0 radical (unpaired) electrons. The fourth-order valence-electron chi connectivity index (χ4n) is 1.24.